The molecule has 1 aromatic heterocycles. The van der Waals surface area contributed by atoms with Crippen LogP contribution in [0.2, 0.25) is 0 Å². The number of fused-ring (bicyclic) bond motifs is 2. The van der Waals surface area contributed by atoms with E-state index >= 15 is 0 Å². The highest BCUT2D eigenvalue weighted by Gasteiger charge is 2.34. The molecule has 1 unspecified atom stereocenters. The van der Waals surface area contributed by atoms with Crippen LogP contribution >= 0.6 is 0 Å². The normalized spacial score (nSPS) is 14.8. The summed E-state index contributed by atoms with van der Waals surface area (Å²) in [6.45, 7) is 0. The first-order valence-corrected chi connectivity index (χ1v) is 10.8. The molecule has 1 N–H and O–H groups in total. The summed E-state index contributed by atoms with van der Waals surface area (Å²) >= 11 is 0. The molecule has 0 bridgehead atoms. The Balaban J connectivity index is 1.54. The maximum absolute atomic E-state index is 13.0. The molecule has 0 saturated heterocycles. The van der Waals surface area contributed by atoms with Crippen molar-refractivity contribution in [3.8, 4) is 28.3 Å². The van der Waals surface area contributed by atoms with E-state index < -0.39 is 6.04 Å². The molecule has 1 aliphatic rings. The van der Waals surface area contributed by atoms with Crippen LogP contribution in [-0.2, 0) is 4.79 Å². The van der Waals surface area contributed by atoms with E-state index in [0.717, 1.165) is 44.9 Å². The molecule has 0 saturated carbocycles. The molecule has 5 heteroatoms. The second-order valence-corrected chi connectivity index (χ2v) is 8.13. The molecule has 4 aromatic carbocycles. The Morgan fingerprint density at radius 1 is 0.818 bits per heavy atom. The van der Waals surface area contributed by atoms with Crippen LogP contribution in [0.15, 0.2) is 97.1 Å². The van der Waals surface area contributed by atoms with Crippen LogP contribution in [0.1, 0.15) is 11.6 Å². The van der Waals surface area contributed by atoms with Crippen molar-refractivity contribution in [1.82, 2.24) is 9.78 Å². The van der Waals surface area contributed by atoms with Crippen LogP contribution in [0.4, 0.5) is 5.69 Å². The lowest BCUT2D eigenvalue weighted by atomic mass is 10.0. The number of nitrogens with zero attached hydrogens (tertiary/aromatic N) is 2. The summed E-state index contributed by atoms with van der Waals surface area (Å²) in [6.07, 6.45) is 0. The third kappa shape index (κ3) is 3.26. The van der Waals surface area contributed by atoms with Gasteiger partial charge < -0.3 is 10.1 Å². The first-order chi connectivity index (χ1) is 16.2. The van der Waals surface area contributed by atoms with E-state index in [9.17, 15) is 4.79 Å². The Bertz CT molecular complexity index is 1500. The number of benzene rings is 4. The zero-order valence-corrected chi connectivity index (χ0v) is 18.0. The lowest BCUT2D eigenvalue weighted by Crippen LogP contribution is -2.21. The fraction of sp³-hybridized carbons (Fsp3) is 0.0714. The zero-order chi connectivity index (χ0) is 22.4. The van der Waals surface area contributed by atoms with Gasteiger partial charge in [0.1, 0.15) is 5.75 Å². The molecule has 6 rings (SSSR count). The SMILES string of the molecule is COc1ccc(-c2cc(-c3ccc4ccccc4c3)nn2C2C(=O)Nc3ccccc32)cc1. The maximum atomic E-state index is 13.0. The number of amides is 1. The largest absolute Gasteiger partial charge is 0.497 e. The van der Waals surface area contributed by atoms with E-state index in [1.54, 1.807) is 7.11 Å². The Morgan fingerprint density at radius 3 is 2.36 bits per heavy atom. The molecule has 2 heterocycles. The van der Waals surface area contributed by atoms with Gasteiger partial charge in [-0.05, 0) is 53.2 Å². The predicted octanol–water partition coefficient (Wildman–Crippen LogP) is 5.92. The summed E-state index contributed by atoms with van der Waals surface area (Å²) in [5.41, 5.74) is 5.42. The van der Waals surface area contributed by atoms with Crippen molar-refractivity contribution in [3.63, 3.8) is 0 Å². The van der Waals surface area contributed by atoms with Gasteiger partial charge in [0.15, 0.2) is 6.04 Å². The molecule has 0 fully saturated rings. The molecule has 1 aliphatic heterocycles. The highest BCUT2D eigenvalue weighted by atomic mass is 16.5. The monoisotopic (exact) mass is 431 g/mol. The maximum Gasteiger partial charge on any atom is 0.253 e. The summed E-state index contributed by atoms with van der Waals surface area (Å²) in [4.78, 5) is 13.0. The standard InChI is InChI=1S/C28H21N3O2/c1-33-22-14-12-19(13-15-22)26-17-25(21-11-10-18-6-2-3-7-20(18)16-21)30-31(26)27-23-8-4-5-9-24(23)29-28(27)32/h2-17,27H,1H3,(H,29,32). The lowest BCUT2D eigenvalue weighted by molar-refractivity contribution is -0.117. The van der Waals surface area contributed by atoms with Crippen molar-refractivity contribution in [2.24, 2.45) is 0 Å². The summed E-state index contributed by atoms with van der Waals surface area (Å²) in [5, 5.41) is 10.3. The van der Waals surface area contributed by atoms with E-state index in [4.69, 9.17) is 9.84 Å². The third-order valence-corrected chi connectivity index (χ3v) is 6.17. The molecule has 5 nitrogen and oxygen atoms in total. The van der Waals surface area contributed by atoms with Crippen LogP contribution in [0.25, 0.3) is 33.3 Å². The number of rotatable bonds is 4. The van der Waals surface area contributed by atoms with Crippen molar-refractivity contribution in [2.75, 3.05) is 12.4 Å². The van der Waals surface area contributed by atoms with Crippen molar-refractivity contribution in [3.05, 3.63) is 103 Å². The molecule has 1 atom stereocenters. The molecular weight excluding hydrogens is 410 g/mol. The van der Waals surface area contributed by atoms with Crippen LogP contribution in [0.5, 0.6) is 5.75 Å². The minimum atomic E-state index is -0.535. The van der Waals surface area contributed by atoms with Crippen molar-refractivity contribution in [1.29, 1.82) is 0 Å². The Kier molecular flexibility index (Phi) is 4.47. The fourth-order valence-corrected chi connectivity index (χ4v) is 4.49. The topological polar surface area (TPSA) is 56.2 Å². The fourth-order valence-electron chi connectivity index (χ4n) is 4.49. The van der Waals surface area contributed by atoms with Gasteiger partial charge in [-0.15, -0.1) is 0 Å². The van der Waals surface area contributed by atoms with Gasteiger partial charge in [0.2, 0.25) is 0 Å². The zero-order valence-electron chi connectivity index (χ0n) is 18.0. The van der Waals surface area contributed by atoms with E-state index in [0.29, 0.717) is 0 Å². The quantitative estimate of drug-likeness (QED) is 0.384. The van der Waals surface area contributed by atoms with E-state index in [2.05, 4.69) is 41.7 Å². The summed E-state index contributed by atoms with van der Waals surface area (Å²) in [7, 11) is 1.65. The Labute approximate surface area is 191 Å². The minimum Gasteiger partial charge on any atom is -0.497 e. The number of methoxy groups -OCH3 is 1. The van der Waals surface area contributed by atoms with Gasteiger partial charge >= 0.3 is 0 Å². The van der Waals surface area contributed by atoms with Gasteiger partial charge in [0.25, 0.3) is 5.91 Å². The number of anilines is 1. The van der Waals surface area contributed by atoms with Gasteiger partial charge in [-0.25, -0.2) is 4.68 Å². The van der Waals surface area contributed by atoms with Gasteiger partial charge in [0.05, 0.1) is 18.5 Å². The molecule has 33 heavy (non-hydrogen) atoms. The van der Waals surface area contributed by atoms with Crippen molar-refractivity contribution in [2.45, 2.75) is 6.04 Å². The number of aromatic nitrogens is 2. The minimum absolute atomic E-state index is 0.0841. The number of nitrogens with one attached hydrogen (secondary N) is 1. The predicted molar refractivity (Wildman–Crippen MR) is 130 cm³/mol. The van der Waals surface area contributed by atoms with Gasteiger partial charge in [-0.2, -0.15) is 5.10 Å². The van der Waals surface area contributed by atoms with Crippen LogP contribution < -0.4 is 10.1 Å². The van der Waals surface area contributed by atoms with E-state index in [1.807, 2.05) is 65.3 Å². The molecule has 5 aromatic rings. The van der Waals surface area contributed by atoms with Crippen LogP contribution in [-0.4, -0.2) is 22.8 Å². The molecule has 1 amide bonds. The number of hydrogen-bond acceptors (Lipinski definition) is 3. The van der Waals surface area contributed by atoms with Gasteiger partial charge in [0, 0.05) is 22.4 Å². The smallest absolute Gasteiger partial charge is 0.253 e. The lowest BCUT2D eigenvalue weighted by Gasteiger charge is -2.14. The number of hydrogen-bond donors (Lipinski definition) is 1. The number of carbonyl (C=O) groups excluding carboxylic acids is 1. The summed E-state index contributed by atoms with van der Waals surface area (Å²) < 4.78 is 7.17. The number of para-hydroxylation sites is 1. The first kappa shape index (κ1) is 19.3. The highest BCUT2D eigenvalue weighted by molar-refractivity contribution is 6.03. The second kappa shape index (κ2) is 7.64. The third-order valence-electron chi connectivity index (χ3n) is 6.17. The molecule has 160 valence electrons. The van der Waals surface area contributed by atoms with E-state index in [1.165, 1.54) is 5.39 Å². The molecule has 0 spiro atoms. The molecule has 0 radical (unpaired) electrons. The van der Waals surface area contributed by atoms with Crippen LogP contribution in [0.3, 0.4) is 0 Å². The van der Waals surface area contributed by atoms with Crippen molar-refractivity contribution < 1.29 is 9.53 Å². The van der Waals surface area contributed by atoms with Crippen LogP contribution in [0, 0.1) is 0 Å². The summed E-state index contributed by atoms with van der Waals surface area (Å²) in [6, 6.07) is 31.7. The Morgan fingerprint density at radius 2 is 1.55 bits per heavy atom. The average molecular weight is 431 g/mol. The van der Waals surface area contributed by atoms with Gasteiger partial charge in [-0.3, -0.25) is 4.79 Å². The van der Waals surface area contributed by atoms with Crippen molar-refractivity contribution >= 4 is 22.4 Å². The Hall–Kier alpha value is -4.38. The molecular formula is C28H21N3O2. The second-order valence-electron chi connectivity index (χ2n) is 8.13. The summed E-state index contributed by atoms with van der Waals surface area (Å²) in [5.74, 6) is 0.697. The van der Waals surface area contributed by atoms with E-state index in [-0.39, 0.29) is 5.91 Å². The number of ether oxygens (including phenoxy) is 1. The number of carbonyl (C=O) groups is 1. The molecule has 0 aliphatic carbocycles. The highest BCUT2D eigenvalue weighted by Crippen LogP contribution is 2.38. The first-order valence-electron chi connectivity index (χ1n) is 10.8. The van der Waals surface area contributed by atoms with Gasteiger partial charge in [-0.1, -0.05) is 54.6 Å². The average Bonchev–Trinajstić information content (AvgIpc) is 3.44.